The van der Waals surface area contributed by atoms with Crippen molar-refractivity contribution in [3.63, 3.8) is 0 Å². The van der Waals surface area contributed by atoms with Crippen molar-refractivity contribution in [1.82, 2.24) is 29.1 Å². The lowest BCUT2D eigenvalue weighted by molar-refractivity contribution is 0.350. The monoisotopic (exact) mass is 381 g/mol. The van der Waals surface area contributed by atoms with E-state index in [0.29, 0.717) is 24.7 Å². The highest BCUT2D eigenvalue weighted by Crippen LogP contribution is 2.23. The standard InChI is InChI=1S/C19H23N7O2/c1-13-10-14(2)25(21-13)16-4-5-18(27)26(22-16)15-6-8-24(9-7-15)17-11-19(28)23(3)12-20-17/h4-5,10-12,15H,6-9H2,1-3H3. The van der Waals surface area contributed by atoms with E-state index in [-0.39, 0.29) is 17.2 Å². The van der Waals surface area contributed by atoms with E-state index in [9.17, 15) is 9.59 Å². The Bertz CT molecular complexity index is 1120. The number of rotatable bonds is 3. The van der Waals surface area contributed by atoms with E-state index in [1.165, 1.54) is 10.9 Å². The van der Waals surface area contributed by atoms with Crippen molar-refractivity contribution in [3.05, 3.63) is 62.7 Å². The van der Waals surface area contributed by atoms with Crippen molar-refractivity contribution in [3.8, 4) is 5.82 Å². The molecule has 0 amide bonds. The van der Waals surface area contributed by atoms with Gasteiger partial charge in [0, 0.05) is 38.0 Å². The molecule has 0 N–H and O–H groups in total. The van der Waals surface area contributed by atoms with Crippen LogP contribution in [-0.4, -0.2) is 42.2 Å². The molecule has 1 aliphatic rings. The molecule has 0 aromatic carbocycles. The number of piperidine rings is 1. The molecule has 3 aromatic rings. The van der Waals surface area contributed by atoms with Gasteiger partial charge in [0.2, 0.25) is 0 Å². The molecule has 0 saturated carbocycles. The van der Waals surface area contributed by atoms with Crippen molar-refractivity contribution in [2.24, 2.45) is 7.05 Å². The summed E-state index contributed by atoms with van der Waals surface area (Å²) in [6.45, 7) is 5.32. The summed E-state index contributed by atoms with van der Waals surface area (Å²) in [6.07, 6.45) is 3.04. The summed E-state index contributed by atoms with van der Waals surface area (Å²) in [5, 5.41) is 9.04. The smallest absolute Gasteiger partial charge is 0.267 e. The molecular weight excluding hydrogens is 358 g/mol. The summed E-state index contributed by atoms with van der Waals surface area (Å²) in [5.74, 6) is 1.32. The van der Waals surface area contributed by atoms with Gasteiger partial charge in [0.15, 0.2) is 5.82 Å². The minimum atomic E-state index is -0.115. The molecule has 4 heterocycles. The fraction of sp³-hybridized carbons (Fsp3) is 0.421. The summed E-state index contributed by atoms with van der Waals surface area (Å²) in [7, 11) is 1.68. The first kappa shape index (κ1) is 18.1. The molecule has 0 atom stereocenters. The third kappa shape index (κ3) is 3.35. The van der Waals surface area contributed by atoms with E-state index in [1.54, 1.807) is 34.6 Å². The summed E-state index contributed by atoms with van der Waals surface area (Å²) in [4.78, 5) is 30.7. The third-order valence-corrected chi connectivity index (χ3v) is 5.14. The number of hydrogen-bond donors (Lipinski definition) is 0. The SMILES string of the molecule is Cc1cc(C)n(-c2ccc(=O)n(C3CCN(c4cc(=O)n(C)cn4)CC3)n2)n1. The maximum Gasteiger partial charge on any atom is 0.267 e. The Balaban J connectivity index is 1.55. The van der Waals surface area contributed by atoms with Crippen LogP contribution >= 0.6 is 0 Å². The fourth-order valence-corrected chi connectivity index (χ4v) is 3.62. The lowest BCUT2D eigenvalue weighted by atomic mass is 10.1. The summed E-state index contributed by atoms with van der Waals surface area (Å²) >= 11 is 0. The Morgan fingerprint density at radius 3 is 2.36 bits per heavy atom. The van der Waals surface area contributed by atoms with E-state index in [4.69, 9.17) is 0 Å². The highest BCUT2D eigenvalue weighted by Gasteiger charge is 2.23. The Morgan fingerprint density at radius 1 is 0.964 bits per heavy atom. The van der Waals surface area contributed by atoms with Crippen LogP contribution in [0.25, 0.3) is 5.82 Å². The Kier molecular flexibility index (Phi) is 4.58. The number of aromatic nitrogens is 6. The molecule has 146 valence electrons. The summed E-state index contributed by atoms with van der Waals surface area (Å²) < 4.78 is 4.77. The van der Waals surface area contributed by atoms with Gasteiger partial charge in [-0.25, -0.2) is 14.3 Å². The Morgan fingerprint density at radius 2 is 1.71 bits per heavy atom. The van der Waals surface area contributed by atoms with Gasteiger partial charge in [0.1, 0.15) is 5.82 Å². The van der Waals surface area contributed by atoms with Crippen LogP contribution in [0.4, 0.5) is 5.82 Å². The van der Waals surface area contributed by atoms with Crippen LogP contribution in [0, 0.1) is 13.8 Å². The average Bonchev–Trinajstić information content (AvgIpc) is 3.03. The zero-order valence-electron chi connectivity index (χ0n) is 16.2. The second-order valence-electron chi connectivity index (χ2n) is 7.23. The molecule has 1 saturated heterocycles. The largest absolute Gasteiger partial charge is 0.356 e. The Hall–Kier alpha value is -3.23. The molecule has 9 nitrogen and oxygen atoms in total. The third-order valence-electron chi connectivity index (χ3n) is 5.14. The molecule has 0 aliphatic carbocycles. The second-order valence-corrected chi connectivity index (χ2v) is 7.23. The molecule has 0 radical (unpaired) electrons. The molecule has 3 aromatic heterocycles. The number of aryl methyl sites for hydroxylation is 3. The normalized spacial score (nSPS) is 15.2. The van der Waals surface area contributed by atoms with Crippen molar-refractivity contribution >= 4 is 5.82 Å². The lowest BCUT2D eigenvalue weighted by Gasteiger charge is -2.33. The van der Waals surface area contributed by atoms with Gasteiger partial charge < -0.3 is 9.47 Å². The average molecular weight is 381 g/mol. The summed E-state index contributed by atoms with van der Waals surface area (Å²) in [5.41, 5.74) is 1.69. The van der Waals surface area contributed by atoms with E-state index in [2.05, 4.69) is 20.1 Å². The highest BCUT2D eigenvalue weighted by atomic mass is 16.1. The molecule has 1 aliphatic heterocycles. The minimum Gasteiger partial charge on any atom is -0.356 e. The molecule has 1 fully saturated rings. The van der Waals surface area contributed by atoms with Crippen LogP contribution in [0.1, 0.15) is 30.3 Å². The van der Waals surface area contributed by atoms with Crippen molar-refractivity contribution in [2.45, 2.75) is 32.7 Å². The van der Waals surface area contributed by atoms with Gasteiger partial charge in [0.05, 0.1) is 18.1 Å². The molecular formula is C19H23N7O2. The maximum absolute atomic E-state index is 12.4. The Labute approximate surface area is 161 Å². The number of nitrogens with zero attached hydrogens (tertiary/aromatic N) is 7. The van der Waals surface area contributed by atoms with Crippen molar-refractivity contribution in [2.75, 3.05) is 18.0 Å². The molecule has 0 spiro atoms. The number of hydrogen-bond acceptors (Lipinski definition) is 6. The molecule has 0 unspecified atom stereocenters. The summed E-state index contributed by atoms with van der Waals surface area (Å²) in [6, 6.07) is 6.79. The molecule has 28 heavy (non-hydrogen) atoms. The van der Waals surface area contributed by atoms with E-state index in [0.717, 1.165) is 24.2 Å². The van der Waals surface area contributed by atoms with Gasteiger partial charge in [-0.1, -0.05) is 0 Å². The molecule has 0 bridgehead atoms. The van der Waals surface area contributed by atoms with Crippen LogP contribution in [-0.2, 0) is 7.05 Å². The first-order chi connectivity index (χ1) is 13.4. The van der Waals surface area contributed by atoms with E-state index in [1.807, 2.05) is 19.9 Å². The van der Waals surface area contributed by atoms with Gasteiger partial charge in [-0.15, -0.1) is 5.10 Å². The molecule has 9 heteroatoms. The van der Waals surface area contributed by atoms with E-state index < -0.39 is 0 Å². The van der Waals surface area contributed by atoms with E-state index >= 15 is 0 Å². The lowest BCUT2D eigenvalue weighted by Crippen LogP contribution is -2.39. The molecule has 4 rings (SSSR count). The minimum absolute atomic E-state index is 0.00668. The maximum atomic E-state index is 12.4. The zero-order valence-corrected chi connectivity index (χ0v) is 16.2. The van der Waals surface area contributed by atoms with Crippen molar-refractivity contribution < 1.29 is 0 Å². The van der Waals surface area contributed by atoms with Crippen LogP contribution in [0.5, 0.6) is 0 Å². The zero-order chi connectivity index (χ0) is 19.8. The van der Waals surface area contributed by atoms with Crippen LogP contribution in [0.3, 0.4) is 0 Å². The highest BCUT2D eigenvalue weighted by molar-refractivity contribution is 5.37. The van der Waals surface area contributed by atoms with Gasteiger partial charge in [-0.3, -0.25) is 9.59 Å². The first-order valence-electron chi connectivity index (χ1n) is 9.33. The predicted molar refractivity (Wildman–Crippen MR) is 105 cm³/mol. The predicted octanol–water partition coefficient (Wildman–Crippen LogP) is 0.981. The van der Waals surface area contributed by atoms with Gasteiger partial charge >= 0.3 is 0 Å². The topological polar surface area (TPSA) is 90.8 Å². The quantitative estimate of drug-likeness (QED) is 0.672. The van der Waals surface area contributed by atoms with Crippen LogP contribution < -0.4 is 16.0 Å². The van der Waals surface area contributed by atoms with Gasteiger partial charge in [-0.2, -0.15) is 5.10 Å². The van der Waals surface area contributed by atoms with Gasteiger partial charge in [0.25, 0.3) is 11.1 Å². The van der Waals surface area contributed by atoms with Gasteiger partial charge in [-0.05, 0) is 38.8 Å². The fourth-order valence-electron chi connectivity index (χ4n) is 3.62. The second kappa shape index (κ2) is 7.06. The van der Waals surface area contributed by atoms with Crippen LogP contribution in [0.2, 0.25) is 0 Å². The van der Waals surface area contributed by atoms with Crippen LogP contribution in [0.15, 0.2) is 40.2 Å². The first-order valence-corrected chi connectivity index (χ1v) is 9.33. The van der Waals surface area contributed by atoms with Crippen molar-refractivity contribution in [1.29, 1.82) is 0 Å². The number of anilines is 1.